The van der Waals surface area contributed by atoms with Crippen molar-refractivity contribution in [2.75, 3.05) is 0 Å². The second-order valence-corrected chi connectivity index (χ2v) is 11.5. The van der Waals surface area contributed by atoms with E-state index in [1.54, 1.807) is 6.92 Å². The maximum absolute atomic E-state index is 12.7. The van der Waals surface area contributed by atoms with Crippen LogP contribution in [0.5, 0.6) is 0 Å². The molecule has 0 spiro atoms. The van der Waals surface area contributed by atoms with Crippen LogP contribution in [0.4, 0.5) is 26.3 Å². The van der Waals surface area contributed by atoms with Crippen LogP contribution in [0.2, 0.25) is 0 Å². The molecule has 0 fully saturated rings. The van der Waals surface area contributed by atoms with E-state index in [0.29, 0.717) is 25.0 Å². The quantitative estimate of drug-likeness (QED) is 0.214. The van der Waals surface area contributed by atoms with Crippen molar-refractivity contribution < 1.29 is 37.3 Å². The molecule has 0 heterocycles. The summed E-state index contributed by atoms with van der Waals surface area (Å²) in [6.07, 6.45) is -2.00. The number of unbranched alkanes of at least 4 members (excludes halogenated alkanes) is 1. The molecule has 0 amide bonds. The van der Waals surface area contributed by atoms with Crippen molar-refractivity contribution in [1.82, 2.24) is 0 Å². The van der Waals surface area contributed by atoms with Gasteiger partial charge in [-0.1, -0.05) is 0 Å². The number of allylic oxidation sites excluding steroid dienone is 1. The van der Waals surface area contributed by atoms with Crippen molar-refractivity contribution in [3.63, 3.8) is 0 Å². The molecule has 1 rings (SSSR count). The summed E-state index contributed by atoms with van der Waals surface area (Å²) >= 11 is -3.56. The third-order valence-electron chi connectivity index (χ3n) is 3.38. The standard InChI is InChI=1S/C16H19F6IO3S/c1-3-5-6-12(4-2)11-23(26-27(24,25)16(20,21)22)14-9-7-13(8-10-14)15(17,18)19/h7-11H,3-6H2,1-2H3/b12-11-. The zero-order valence-corrected chi connectivity index (χ0v) is 17.5. The Morgan fingerprint density at radius 2 is 1.63 bits per heavy atom. The Labute approximate surface area is 161 Å². The summed E-state index contributed by atoms with van der Waals surface area (Å²) in [5.41, 5.74) is -5.86. The van der Waals surface area contributed by atoms with Gasteiger partial charge in [0.05, 0.1) is 0 Å². The van der Waals surface area contributed by atoms with E-state index < -0.39 is 47.6 Å². The summed E-state index contributed by atoms with van der Waals surface area (Å²) in [6.45, 7) is 3.69. The Kier molecular flexibility index (Phi) is 8.60. The molecule has 0 N–H and O–H groups in total. The van der Waals surface area contributed by atoms with Crippen molar-refractivity contribution in [3.8, 4) is 0 Å². The monoisotopic (exact) mass is 532 g/mol. The molecule has 0 aromatic heterocycles. The van der Waals surface area contributed by atoms with Gasteiger partial charge in [0.2, 0.25) is 0 Å². The van der Waals surface area contributed by atoms with Crippen LogP contribution in [0.15, 0.2) is 33.9 Å². The van der Waals surface area contributed by atoms with Gasteiger partial charge in [0.25, 0.3) is 0 Å². The Bertz CT molecular complexity index is 739. The zero-order chi connectivity index (χ0) is 20.9. The molecule has 0 atom stereocenters. The molecule has 1 aromatic rings. The molecule has 0 aliphatic rings. The summed E-state index contributed by atoms with van der Waals surface area (Å²) in [7, 11) is -5.86. The first-order valence-corrected chi connectivity index (χ1v) is 12.5. The molecule has 0 radical (unpaired) electrons. The van der Waals surface area contributed by atoms with Crippen molar-refractivity contribution in [2.45, 2.75) is 51.2 Å². The van der Waals surface area contributed by atoms with Crippen LogP contribution < -0.4 is 0 Å². The second-order valence-electron chi connectivity index (χ2n) is 5.47. The van der Waals surface area contributed by atoms with Gasteiger partial charge in [-0.05, 0) is 0 Å². The fourth-order valence-electron chi connectivity index (χ4n) is 1.86. The molecule has 0 saturated heterocycles. The summed E-state index contributed by atoms with van der Waals surface area (Å²) in [5.74, 6) is 0. The van der Waals surface area contributed by atoms with Gasteiger partial charge in [-0.3, -0.25) is 0 Å². The van der Waals surface area contributed by atoms with Crippen LogP contribution in [-0.4, -0.2) is 13.9 Å². The van der Waals surface area contributed by atoms with Crippen LogP contribution >= 0.6 is 20.2 Å². The minimum absolute atomic E-state index is 0.0301. The van der Waals surface area contributed by atoms with Gasteiger partial charge in [-0.2, -0.15) is 0 Å². The molecule has 11 heteroatoms. The Morgan fingerprint density at radius 1 is 1.07 bits per heavy atom. The first kappa shape index (κ1) is 24.2. The molecular formula is C16H19F6IO3S. The van der Waals surface area contributed by atoms with E-state index in [9.17, 15) is 34.8 Å². The number of hydrogen-bond donors (Lipinski definition) is 0. The van der Waals surface area contributed by atoms with Gasteiger partial charge < -0.3 is 0 Å². The molecule has 0 unspecified atom stereocenters. The zero-order valence-electron chi connectivity index (χ0n) is 14.5. The SMILES string of the molecule is CCCC/C(=C\I(OS(=O)(=O)C(F)(F)F)c1ccc(C(F)(F)F)cc1)CC. The molecule has 3 nitrogen and oxygen atoms in total. The maximum atomic E-state index is 12.7. The van der Waals surface area contributed by atoms with Crippen LogP contribution in [0.1, 0.15) is 45.1 Å². The number of alkyl halides is 6. The van der Waals surface area contributed by atoms with E-state index in [4.69, 9.17) is 0 Å². The Balaban J connectivity index is 3.31. The predicted octanol–water partition coefficient (Wildman–Crippen LogP) is 6.65. The van der Waals surface area contributed by atoms with Crippen molar-refractivity contribution in [2.24, 2.45) is 0 Å². The molecule has 0 aliphatic carbocycles. The van der Waals surface area contributed by atoms with E-state index in [2.05, 4.69) is 2.51 Å². The number of halogens is 7. The predicted molar refractivity (Wildman–Crippen MR) is 98.1 cm³/mol. The van der Waals surface area contributed by atoms with Gasteiger partial charge in [-0.25, -0.2) is 0 Å². The number of benzene rings is 1. The molecule has 0 saturated carbocycles. The Morgan fingerprint density at radius 3 is 2.04 bits per heavy atom. The Hall–Kier alpha value is -0.820. The fraction of sp³-hybridized carbons (Fsp3) is 0.500. The van der Waals surface area contributed by atoms with E-state index in [-0.39, 0.29) is 3.57 Å². The van der Waals surface area contributed by atoms with Crippen LogP contribution in [0.25, 0.3) is 0 Å². The third kappa shape index (κ3) is 7.26. The van der Waals surface area contributed by atoms with E-state index in [1.807, 2.05) is 6.92 Å². The van der Waals surface area contributed by atoms with Crippen molar-refractivity contribution in [1.29, 1.82) is 0 Å². The van der Waals surface area contributed by atoms with Crippen LogP contribution in [0.3, 0.4) is 0 Å². The van der Waals surface area contributed by atoms with Crippen molar-refractivity contribution >= 4 is 30.4 Å². The molecule has 156 valence electrons. The third-order valence-corrected chi connectivity index (χ3v) is 10.2. The summed E-state index contributed by atoms with van der Waals surface area (Å²) in [4.78, 5) is 0. The molecule has 0 bridgehead atoms. The van der Waals surface area contributed by atoms with Crippen LogP contribution in [-0.2, 0) is 18.8 Å². The minimum atomic E-state index is -5.86. The topological polar surface area (TPSA) is 43.4 Å². The average molecular weight is 532 g/mol. The number of rotatable bonds is 8. The molecule has 27 heavy (non-hydrogen) atoms. The van der Waals surface area contributed by atoms with Gasteiger partial charge in [0, 0.05) is 0 Å². The average Bonchev–Trinajstić information content (AvgIpc) is 2.55. The number of hydrogen-bond acceptors (Lipinski definition) is 3. The van der Waals surface area contributed by atoms with Gasteiger partial charge in [0.1, 0.15) is 0 Å². The first-order chi connectivity index (χ1) is 12.3. The summed E-state index contributed by atoms with van der Waals surface area (Å²) in [5, 5.41) is 0. The normalized spacial score (nSPS) is 14.4. The first-order valence-electron chi connectivity index (χ1n) is 7.88. The summed E-state index contributed by atoms with van der Waals surface area (Å²) < 4.78 is 105. The summed E-state index contributed by atoms with van der Waals surface area (Å²) in [6, 6.07) is 3.36. The van der Waals surface area contributed by atoms with Crippen LogP contribution in [0, 0.1) is 3.57 Å². The van der Waals surface area contributed by atoms with E-state index in [0.717, 1.165) is 30.5 Å². The fourth-order valence-corrected chi connectivity index (χ4v) is 8.27. The van der Waals surface area contributed by atoms with Gasteiger partial charge in [-0.15, -0.1) is 0 Å². The van der Waals surface area contributed by atoms with E-state index >= 15 is 0 Å². The van der Waals surface area contributed by atoms with E-state index in [1.165, 1.54) is 4.08 Å². The van der Waals surface area contributed by atoms with Gasteiger partial charge >= 0.3 is 162 Å². The second kappa shape index (κ2) is 9.59. The van der Waals surface area contributed by atoms with Gasteiger partial charge in [0.15, 0.2) is 0 Å². The molecule has 1 aromatic carbocycles. The molecule has 0 aliphatic heterocycles. The molecular weight excluding hydrogens is 513 g/mol. The van der Waals surface area contributed by atoms with Crippen molar-refractivity contribution in [3.05, 3.63) is 43.1 Å².